The van der Waals surface area contributed by atoms with Crippen LogP contribution in [-0.4, -0.2) is 10.1 Å². The lowest BCUT2D eigenvalue weighted by atomic mass is 10.2. The minimum absolute atomic E-state index is 0.00989. The molecule has 6 heteroatoms. The van der Waals surface area contributed by atoms with Gasteiger partial charge in [-0.05, 0) is 23.8 Å². The van der Waals surface area contributed by atoms with Crippen LogP contribution < -0.4 is 11.1 Å². The van der Waals surface area contributed by atoms with Gasteiger partial charge in [0, 0.05) is 12.2 Å². The monoisotopic (exact) mass is 253 g/mol. The van der Waals surface area contributed by atoms with Crippen molar-refractivity contribution in [1.29, 1.82) is 0 Å². The lowest BCUT2D eigenvalue weighted by Crippen LogP contribution is -2.02. The normalized spacial score (nSPS) is 10.5. The molecule has 0 radical (unpaired) electrons. The molecule has 0 saturated heterocycles. The van der Waals surface area contributed by atoms with Crippen molar-refractivity contribution in [3.05, 3.63) is 35.6 Å². The Labute approximate surface area is 103 Å². The molecule has 0 fully saturated rings. The maximum Gasteiger partial charge on any atom is 0.213 e. The highest BCUT2D eigenvalue weighted by Crippen LogP contribution is 2.26. The molecule has 0 spiro atoms. The highest BCUT2D eigenvalue weighted by Gasteiger charge is 2.06. The van der Waals surface area contributed by atoms with Crippen LogP contribution >= 0.6 is 12.6 Å². The first-order valence-electron chi connectivity index (χ1n) is 4.95. The molecule has 0 unspecified atom stereocenters. The van der Waals surface area contributed by atoms with Gasteiger partial charge in [0.25, 0.3) is 0 Å². The van der Waals surface area contributed by atoms with E-state index >= 15 is 0 Å². The van der Waals surface area contributed by atoms with Crippen molar-refractivity contribution in [1.82, 2.24) is 4.98 Å². The molecule has 90 valence electrons. The number of aromatic hydroxyl groups is 1. The van der Waals surface area contributed by atoms with Crippen molar-refractivity contribution in [2.24, 2.45) is 0 Å². The summed E-state index contributed by atoms with van der Waals surface area (Å²) >= 11 is 4.06. The van der Waals surface area contributed by atoms with E-state index in [0.29, 0.717) is 22.9 Å². The van der Waals surface area contributed by atoms with E-state index in [2.05, 4.69) is 22.9 Å². The second-order valence-electron chi connectivity index (χ2n) is 3.61. The first-order valence-corrected chi connectivity index (χ1v) is 5.39. The molecule has 1 heterocycles. The van der Waals surface area contributed by atoms with Crippen molar-refractivity contribution in [2.75, 3.05) is 11.1 Å². The molecule has 0 aliphatic carbocycles. The number of nitrogens with two attached hydrogens (primary N) is 1. The zero-order chi connectivity index (χ0) is 12.4. The number of nitrogens with one attached hydrogen (secondary N) is 2. The number of anilines is 2. The number of hydrogen-bond acceptors (Lipinski definition) is 4. The van der Waals surface area contributed by atoms with Crippen molar-refractivity contribution < 1.29 is 9.50 Å². The van der Waals surface area contributed by atoms with Crippen molar-refractivity contribution in [3.8, 4) is 5.88 Å². The van der Waals surface area contributed by atoms with Gasteiger partial charge < -0.3 is 21.1 Å². The number of aromatic nitrogens is 1. The number of thiol groups is 1. The molecule has 0 amide bonds. The van der Waals surface area contributed by atoms with Gasteiger partial charge in [0.2, 0.25) is 5.88 Å². The van der Waals surface area contributed by atoms with Gasteiger partial charge in [-0.2, -0.15) is 0 Å². The molecule has 17 heavy (non-hydrogen) atoms. The molecular formula is C11H12FN3OS. The Balaban J connectivity index is 2.10. The molecule has 1 aromatic heterocycles. The van der Waals surface area contributed by atoms with E-state index < -0.39 is 0 Å². The second kappa shape index (κ2) is 4.58. The quantitative estimate of drug-likeness (QED) is 0.430. The zero-order valence-electron chi connectivity index (χ0n) is 8.87. The van der Waals surface area contributed by atoms with Gasteiger partial charge in [-0.1, -0.05) is 6.07 Å². The predicted molar refractivity (Wildman–Crippen MR) is 67.8 cm³/mol. The maximum atomic E-state index is 12.8. The predicted octanol–water partition coefficient (Wildman–Crippen LogP) is 2.34. The number of hydrogen-bond donors (Lipinski definition) is 5. The lowest BCUT2D eigenvalue weighted by molar-refractivity contribution is 0.456. The molecule has 0 bridgehead atoms. The molecule has 0 aliphatic heterocycles. The van der Waals surface area contributed by atoms with E-state index in [1.165, 1.54) is 12.1 Å². The first kappa shape index (κ1) is 11.7. The van der Waals surface area contributed by atoms with Gasteiger partial charge >= 0.3 is 0 Å². The fraction of sp³-hybridized carbons (Fsp3) is 0.0909. The number of rotatable bonds is 3. The summed E-state index contributed by atoms with van der Waals surface area (Å²) in [5, 5.41) is 13.0. The first-order chi connectivity index (χ1) is 8.06. The van der Waals surface area contributed by atoms with Crippen molar-refractivity contribution in [3.63, 3.8) is 0 Å². The van der Waals surface area contributed by atoms with Crippen LogP contribution in [-0.2, 0) is 6.54 Å². The molecule has 2 aromatic rings. The van der Waals surface area contributed by atoms with E-state index in [4.69, 9.17) is 5.73 Å². The average molecular weight is 253 g/mol. The van der Waals surface area contributed by atoms with Gasteiger partial charge in [-0.25, -0.2) is 4.39 Å². The van der Waals surface area contributed by atoms with Crippen molar-refractivity contribution >= 4 is 24.0 Å². The summed E-state index contributed by atoms with van der Waals surface area (Å²) < 4.78 is 12.8. The summed E-state index contributed by atoms with van der Waals surface area (Å²) in [6.45, 7) is 0.394. The highest BCUT2D eigenvalue weighted by molar-refractivity contribution is 7.80. The van der Waals surface area contributed by atoms with E-state index in [-0.39, 0.29) is 11.7 Å². The zero-order valence-corrected chi connectivity index (χ0v) is 9.76. The largest absolute Gasteiger partial charge is 0.493 e. The van der Waals surface area contributed by atoms with Crippen LogP contribution in [0.15, 0.2) is 29.3 Å². The summed E-state index contributed by atoms with van der Waals surface area (Å²) in [5.74, 6) is -0.357. The summed E-state index contributed by atoms with van der Waals surface area (Å²) in [5.41, 5.74) is 7.32. The van der Waals surface area contributed by atoms with Crippen LogP contribution in [0.3, 0.4) is 0 Å². The van der Waals surface area contributed by atoms with Crippen LogP contribution in [0.4, 0.5) is 15.8 Å². The van der Waals surface area contributed by atoms with Crippen LogP contribution in [0.25, 0.3) is 0 Å². The minimum Gasteiger partial charge on any atom is -0.493 e. The number of nitrogen functional groups attached to an aromatic ring is 1. The van der Waals surface area contributed by atoms with E-state index in [1.54, 1.807) is 12.1 Å². The fourth-order valence-corrected chi connectivity index (χ4v) is 1.72. The molecule has 0 saturated carbocycles. The second-order valence-corrected chi connectivity index (χ2v) is 4.10. The fourth-order valence-electron chi connectivity index (χ4n) is 1.48. The minimum atomic E-state index is -0.367. The Kier molecular flexibility index (Phi) is 3.14. The van der Waals surface area contributed by atoms with Gasteiger partial charge in [0.1, 0.15) is 5.82 Å². The standard InChI is InChI=1S/C11H12FN3OS/c12-7-2-1-6(8(13)3-7)5-14-9-4-10(17)15-11(9)16/h1-4,14-17H,5,13H2. The number of halogens is 1. The van der Waals surface area contributed by atoms with Crippen LogP contribution in [0.1, 0.15) is 5.56 Å². The Bertz CT molecular complexity index is 542. The van der Waals surface area contributed by atoms with Gasteiger partial charge in [-0.15, -0.1) is 12.6 Å². The average Bonchev–Trinajstić information content (AvgIpc) is 2.56. The third-order valence-electron chi connectivity index (χ3n) is 2.36. The number of benzene rings is 1. The Hall–Kier alpha value is -1.82. The highest BCUT2D eigenvalue weighted by atomic mass is 32.1. The molecule has 4 nitrogen and oxygen atoms in total. The number of H-pyrrole nitrogens is 1. The lowest BCUT2D eigenvalue weighted by Gasteiger charge is -2.07. The van der Waals surface area contributed by atoms with E-state index in [0.717, 1.165) is 5.56 Å². The SMILES string of the molecule is Nc1cc(F)ccc1CNc1cc(S)[nH]c1O. The Morgan fingerprint density at radius 3 is 2.76 bits per heavy atom. The van der Waals surface area contributed by atoms with Gasteiger partial charge in [0.05, 0.1) is 10.7 Å². The van der Waals surface area contributed by atoms with Crippen molar-refractivity contribution in [2.45, 2.75) is 11.6 Å². The summed E-state index contributed by atoms with van der Waals surface area (Å²) in [6, 6.07) is 5.85. The smallest absolute Gasteiger partial charge is 0.213 e. The number of aromatic amines is 1. The van der Waals surface area contributed by atoms with Gasteiger partial charge in [-0.3, -0.25) is 0 Å². The molecule has 2 rings (SSSR count). The van der Waals surface area contributed by atoms with Gasteiger partial charge in [0.15, 0.2) is 0 Å². The third kappa shape index (κ3) is 2.65. The molecule has 0 aliphatic rings. The van der Waals surface area contributed by atoms with E-state index in [1.807, 2.05) is 0 Å². The van der Waals surface area contributed by atoms with E-state index in [9.17, 15) is 9.50 Å². The van der Waals surface area contributed by atoms with Crippen LogP contribution in [0, 0.1) is 5.82 Å². The molecule has 1 aromatic carbocycles. The molecule has 5 N–H and O–H groups in total. The third-order valence-corrected chi connectivity index (χ3v) is 2.60. The topological polar surface area (TPSA) is 74.1 Å². The van der Waals surface area contributed by atoms with Crippen LogP contribution in [0.5, 0.6) is 5.88 Å². The Morgan fingerprint density at radius 1 is 1.41 bits per heavy atom. The summed E-state index contributed by atoms with van der Waals surface area (Å²) in [6.07, 6.45) is 0. The van der Waals surface area contributed by atoms with Crippen LogP contribution in [0.2, 0.25) is 0 Å². The Morgan fingerprint density at radius 2 is 2.18 bits per heavy atom. The maximum absolute atomic E-state index is 12.8. The molecule has 0 atom stereocenters. The summed E-state index contributed by atoms with van der Waals surface area (Å²) in [4.78, 5) is 2.63. The molecular weight excluding hydrogens is 241 g/mol. The summed E-state index contributed by atoms with van der Waals surface area (Å²) in [7, 11) is 0.